The molecule has 5 rings (SSSR count). The summed E-state index contributed by atoms with van der Waals surface area (Å²) in [5, 5.41) is 12.7. The molecule has 0 fully saturated rings. The average molecular weight is 325 g/mol. The minimum absolute atomic E-state index is 0.0899. The topological polar surface area (TPSA) is 48.7 Å². The summed E-state index contributed by atoms with van der Waals surface area (Å²) in [6.07, 6.45) is -0.0899. The van der Waals surface area contributed by atoms with Crippen LogP contribution >= 0.6 is 11.3 Å². The molecule has 3 aromatic rings. The van der Waals surface area contributed by atoms with Gasteiger partial charge in [-0.2, -0.15) is 0 Å². The Labute approximate surface area is 137 Å². The maximum atomic E-state index is 12.8. The number of aromatic nitrogens is 1. The van der Waals surface area contributed by atoms with Crippen LogP contribution < -0.4 is 4.90 Å². The van der Waals surface area contributed by atoms with Gasteiger partial charge in [0.25, 0.3) is 5.91 Å². The Morgan fingerprint density at radius 2 is 2.09 bits per heavy atom. The molecule has 1 atom stereocenters. The summed E-state index contributed by atoms with van der Waals surface area (Å²) >= 11 is 1.51. The van der Waals surface area contributed by atoms with Gasteiger partial charge >= 0.3 is 0 Å². The molecule has 0 bridgehead atoms. The van der Waals surface area contributed by atoms with Crippen LogP contribution in [0.4, 0.5) is 5.69 Å². The summed E-state index contributed by atoms with van der Waals surface area (Å²) in [7, 11) is 2.04. The number of thiophene rings is 1. The van der Waals surface area contributed by atoms with E-state index < -0.39 is 0 Å². The van der Waals surface area contributed by atoms with E-state index in [0.717, 1.165) is 33.7 Å². The van der Waals surface area contributed by atoms with E-state index in [4.69, 9.17) is 0 Å². The van der Waals surface area contributed by atoms with Crippen molar-refractivity contribution >= 4 is 33.8 Å². The zero-order valence-electron chi connectivity index (χ0n) is 12.6. The molecule has 1 N–H and O–H groups in total. The van der Waals surface area contributed by atoms with Crippen LogP contribution in [0.3, 0.4) is 0 Å². The molecule has 1 unspecified atom stereocenters. The van der Waals surface area contributed by atoms with Crippen LogP contribution in [0.1, 0.15) is 21.5 Å². The Bertz CT molecular complexity index is 958. The van der Waals surface area contributed by atoms with Gasteiger partial charge in [0.2, 0.25) is 0 Å². The number of phenolic OH excluding ortho intramolecular Hbond substituents is 1. The third-order valence-electron chi connectivity index (χ3n) is 4.89. The molecule has 1 aromatic carbocycles. The van der Waals surface area contributed by atoms with Crippen LogP contribution in [0.5, 0.6) is 5.75 Å². The van der Waals surface area contributed by atoms with Gasteiger partial charge in [-0.05, 0) is 35.7 Å². The van der Waals surface area contributed by atoms with Crippen molar-refractivity contribution in [3.05, 3.63) is 46.3 Å². The first kappa shape index (κ1) is 13.0. The molecular weight excluding hydrogens is 310 g/mol. The Morgan fingerprint density at radius 1 is 1.22 bits per heavy atom. The lowest BCUT2D eigenvalue weighted by molar-refractivity contribution is 0.0608. The van der Waals surface area contributed by atoms with Crippen molar-refractivity contribution < 1.29 is 9.90 Å². The second-order valence-electron chi connectivity index (χ2n) is 6.08. The molecule has 1 amide bonds. The van der Waals surface area contributed by atoms with Crippen molar-refractivity contribution in [3.63, 3.8) is 0 Å². The third kappa shape index (κ3) is 1.59. The number of hydrogen-bond acceptors (Lipinski definition) is 4. The van der Waals surface area contributed by atoms with Crippen molar-refractivity contribution in [1.29, 1.82) is 0 Å². The molecule has 0 radical (unpaired) electrons. The number of nitrogens with zero attached hydrogens (tertiary/aromatic N) is 3. The van der Waals surface area contributed by atoms with Gasteiger partial charge in [0.1, 0.15) is 16.8 Å². The third-order valence-corrected chi connectivity index (χ3v) is 5.78. The summed E-state index contributed by atoms with van der Waals surface area (Å²) < 4.78 is 2.26. The lowest BCUT2D eigenvalue weighted by atomic mass is 10.1. The SMILES string of the molecule is CN1c2ccsc2C(=O)N2CCn3c(cc4cc(O)ccc43)C21. The lowest BCUT2D eigenvalue weighted by Gasteiger charge is -2.45. The highest BCUT2D eigenvalue weighted by Crippen LogP contribution is 2.43. The standard InChI is InChI=1S/C17H15N3O2S/c1-18-13-4-7-23-15(13)17(22)20-6-5-19-12-3-2-11(21)8-10(12)9-14(19)16(18)20/h2-4,7-9,16,21H,5-6H2,1H3. The molecule has 2 aliphatic rings. The van der Waals surface area contributed by atoms with Gasteiger partial charge in [0, 0.05) is 31.0 Å². The zero-order valence-corrected chi connectivity index (χ0v) is 13.4. The predicted molar refractivity (Wildman–Crippen MR) is 90.1 cm³/mol. The first-order valence-corrected chi connectivity index (χ1v) is 8.46. The fourth-order valence-electron chi connectivity index (χ4n) is 3.86. The quantitative estimate of drug-likeness (QED) is 0.691. The fraction of sp³-hybridized carbons (Fsp3) is 0.235. The van der Waals surface area contributed by atoms with E-state index in [-0.39, 0.29) is 17.8 Å². The summed E-state index contributed by atoms with van der Waals surface area (Å²) in [6, 6.07) is 9.56. The normalized spacial score (nSPS) is 19.7. The molecule has 4 heterocycles. The number of anilines is 1. The number of carbonyl (C=O) groups is 1. The lowest BCUT2D eigenvalue weighted by Crippen LogP contribution is -2.51. The second-order valence-corrected chi connectivity index (χ2v) is 7.00. The number of amides is 1. The van der Waals surface area contributed by atoms with Gasteiger partial charge in [0.15, 0.2) is 0 Å². The number of phenols is 1. The zero-order chi connectivity index (χ0) is 15.7. The van der Waals surface area contributed by atoms with Crippen molar-refractivity contribution in [2.24, 2.45) is 0 Å². The van der Waals surface area contributed by atoms with Crippen molar-refractivity contribution in [1.82, 2.24) is 9.47 Å². The highest BCUT2D eigenvalue weighted by Gasteiger charge is 2.41. The maximum Gasteiger partial charge on any atom is 0.268 e. The Hall–Kier alpha value is -2.47. The van der Waals surface area contributed by atoms with Crippen LogP contribution in [0, 0.1) is 0 Å². The number of fused-ring (bicyclic) bond motifs is 6. The summed E-state index contributed by atoms with van der Waals surface area (Å²) in [5.41, 5.74) is 3.21. The number of aromatic hydroxyl groups is 1. The van der Waals surface area contributed by atoms with E-state index in [1.165, 1.54) is 11.3 Å². The monoisotopic (exact) mass is 325 g/mol. The Balaban J connectivity index is 1.74. The van der Waals surface area contributed by atoms with Crippen LogP contribution in [0.25, 0.3) is 10.9 Å². The Morgan fingerprint density at radius 3 is 2.96 bits per heavy atom. The molecule has 6 heteroatoms. The van der Waals surface area contributed by atoms with Gasteiger partial charge in [-0.15, -0.1) is 11.3 Å². The van der Waals surface area contributed by atoms with Gasteiger partial charge in [-0.3, -0.25) is 4.79 Å². The molecule has 0 saturated heterocycles. The van der Waals surface area contributed by atoms with Gasteiger partial charge in [-0.25, -0.2) is 0 Å². The van der Waals surface area contributed by atoms with Crippen LogP contribution in [0.2, 0.25) is 0 Å². The average Bonchev–Trinajstić information content (AvgIpc) is 3.15. The summed E-state index contributed by atoms with van der Waals surface area (Å²) in [5.74, 6) is 0.392. The molecule has 2 aromatic heterocycles. The van der Waals surface area contributed by atoms with E-state index in [2.05, 4.69) is 15.5 Å². The molecule has 23 heavy (non-hydrogen) atoms. The number of carbonyl (C=O) groups excluding carboxylic acids is 1. The first-order chi connectivity index (χ1) is 11.1. The molecule has 0 saturated carbocycles. The Kier molecular flexibility index (Phi) is 2.43. The maximum absolute atomic E-state index is 12.8. The molecule has 2 aliphatic heterocycles. The van der Waals surface area contributed by atoms with E-state index >= 15 is 0 Å². The summed E-state index contributed by atoms with van der Waals surface area (Å²) in [4.78, 5) is 17.8. The van der Waals surface area contributed by atoms with Crippen molar-refractivity contribution in [2.75, 3.05) is 18.5 Å². The van der Waals surface area contributed by atoms with E-state index in [9.17, 15) is 9.90 Å². The van der Waals surface area contributed by atoms with Gasteiger partial charge in [0.05, 0.1) is 11.4 Å². The number of hydrogen-bond donors (Lipinski definition) is 1. The van der Waals surface area contributed by atoms with E-state index in [1.807, 2.05) is 29.5 Å². The van der Waals surface area contributed by atoms with Crippen LogP contribution in [-0.4, -0.2) is 34.1 Å². The number of rotatable bonds is 0. The van der Waals surface area contributed by atoms with Crippen molar-refractivity contribution in [2.45, 2.75) is 12.7 Å². The fourth-order valence-corrected chi connectivity index (χ4v) is 4.74. The van der Waals surface area contributed by atoms with Crippen molar-refractivity contribution in [3.8, 4) is 5.75 Å². The largest absolute Gasteiger partial charge is 0.508 e. The van der Waals surface area contributed by atoms with E-state index in [0.29, 0.717) is 6.54 Å². The highest BCUT2D eigenvalue weighted by molar-refractivity contribution is 7.12. The van der Waals surface area contributed by atoms with E-state index in [1.54, 1.807) is 12.1 Å². The first-order valence-electron chi connectivity index (χ1n) is 7.58. The van der Waals surface area contributed by atoms with Gasteiger partial charge in [-0.1, -0.05) is 0 Å². The molecule has 5 nitrogen and oxygen atoms in total. The number of benzene rings is 1. The molecular formula is C17H15N3O2S. The smallest absolute Gasteiger partial charge is 0.268 e. The highest BCUT2D eigenvalue weighted by atomic mass is 32.1. The van der Waals surface area contributed by atoms with Gasteiger partial charge < -0.3 is 19.5 Å². The second kappa shape index (κ2) is 4.29. The van der Waals surface area contributed by atoms with Crippen LogP contribution in [-0.2, 0) is 6.54 Å². The minimum Gasteiger partial charge on any atom is -0.508 e. The summed E-state index contributed by atoms with van der Waals surface area (Å²) in [6.45, 7) is 1.48. The molecule has 0 spiro atoms. The minimum atomic E-state index is -0.0899. The predicted octanol–water partition coefficient (Wildman–Crippen LogP) is 3.01. The molecule has 0 aliphatic carbocycles. The molecule has 116 valence electrons. The van der Waals surface area contributed by atoms with Crippen LogP contribution in [0.15, 0.2) is 35.7 Å².